The fourth-order valence-electron chi connectivity index (χ4n) is 1.97. The topological polar surface area (TPSA) is 45.0 Å². The van der Waals surface area contributed by atoms with Gasteiger partial charge in [0.25, 0.3) is 0 Å². The lowest BCUT2D eigenvalue weighted by molar-refractivity contribution is -0.0690. The number of anilines is 1. The SMILES string of the molecule is Cc1cc(C)c(NCC2(C#N)COC2)cc1C. The van der Waals surface area contributed by atoms with E-state index in [1.165, 1.54) is 16.7 Å². The van der Waals surface area contributed by atoms with Gasteiger partial charge in [-0.2, -0.15) is 5.26 Å². The van der Waals surface area contributed by atoms with E-state index in [2.05, 4.69) is 44.3 Å². The fraction of sp³-hybridized carbons (Fsp3) is 0.500. The van der Waals surface area contributed by atoms with Crippen LogP contribution in [-0.2, 0) is 4.74 Å². The van der Waals surface area contributed by atoms with Crippen LogP contribution in [0.1, 0.15) is 16.7 Å². The summed E-state index contributed by atoms with van der Waals surface area (Å²) in [5, 5.41) is 12.5. The molecule has 1 N–H and O–H groups in total. The Morgan fingerprint density at radius 1 is 1.24 bits per heavy atom. The molecule has 0 radical (unpaired) electrons. The van der Waals surface area contributed by atoms with Crippen molar-refractivity contribution < 1.29 is 4.74 Å². The van der Waals surface area contributed by atoms with Crippen molar-refractivity contribution in [1.29, 1.82) is 5.26 Å². The second kappa shape index (κ2) is 4.38. The Hall–Kier alpha value is -1.53. The van der Waals surface area contributed by atoms with E-state index in [4.69, 9.17) is 10.00 Å². The molecule has 1 aromatic rings. The molecule has 90 valence electrons. The third-order valence-electron chi connectivity index (χ3n) is 3.45. The molecule has 1 aromatic carbocycles. The highest BCUT2D eigenvalue weighted by Crippen LogP contribution is 2.28. The molecule has 2 rings (SSSR count). The number of aryl methyl sites for hydroxylation is 3. The molecule has 0 spiro atoms. The molecule has 3 nitrogen and oxygen atoms in total. The highest BCUT2D eigenvalue weighted by atomic mass is 16.5. The molecule has 1 saturated heterocycles. The van der Waals surface area contributed by atoms with Crippen LogP contribution in [0.15, 0.2) is 12.1 Å². The maximum absolute atomic E-state index is 9.11. The lowest BCUT2D eigenvalue weighted by Gasteiger charge is -2.35. The van der Waals surface area contributed by atoms with E-state index < -0.39 is 0 Å². The Kier molecular flexibility index (Phi) is 3.08. The highest BCUT2D eigenvalue weighted by Gasteiger charge is 2.38. The van der Waals surface area contributed by atoms with E-state index in [9.17, 15) is 0 Å². The summed E-state index contributed by atoms with van der Waals surface area (Å²) in [4.78, 5) is 0. The quantitative estimate of drug-likeness (QED) is 0.868. The van der Waals surface area contributed by atoms with Gasteiger partial charge in [0.05, 0.1) is 19.3 Å². The summed E-state index contributed by atoms with van der Waals surface area (Å²) < 4.78 is 5.13. The van der Waals surface area contributed by atoms with Gasteiger partial charge >= 0.3 is 0 Å². The molecule has 0 saturated carbocycles. The maximum Gasteiger partial charge on any atom is 0.121 e. The van der Waals surface area contributed by atoms with Gasteiger partial charge < -0.3 is 10.1 Å². The molecular formula is C14H18N2O. The molecule has 3 heteroatoms. The Balaban J connectivity index is 2.09. The van der Waals surface area contributed by atoms with E-state index in [1.54, 1.807) is 0 Å². The van der Waals surface area contributed by atoms with Gasteiger partial charge in [-0.3, -0.25) is 0 Å². The van der Waals surface area contributed by atoms with Crippen LogP contribution in [0.4, 0.5) is 5.69 Å². The third-order valence-corrected chi connectivity index (χ3v) is 3.45. The molecule has 1 heterocycles. The lowest BCUT2D eigenvalue weighted by atomic mass is 9.87. The molecule has 0 amide bonds. The number of hydrogen-bond donors (Lipinski definition) is 1. The molecular weight excluding hydrogens is 212 g/mol. The van der Waals surface area contributed by atoms with Gasteiger partial charge in [-0.15, -0.1) is 0 Å². The average molecular weight is 230 g/mol. The van der Waals surface area contributed by atoms with Crippen molar-refractivity contribution in [3.05, 3.63) is 28.8 Å². The van der Waals surface area contributed by atoms with Crippen LogP contribution >= 0.6 is 0 Å². The Bertz CT molecular complexity index is 470. The molecule has 17 heavy (non-hydrogen) atoms. The van der Waals surface area contributed by atoms with Gasteiger partial charge in [0.1, 0.15) is 5.41 Å². The first-order chi connectivity index (χ1) is 8.06. The normalized spacial score (nSPS) is 17.1. The number of nitriles is 1. The van der Waals surface area contributed by atoms with Gasteiger partial charge in [0, 0.05) is 12.2 Å². The van der Waals surface area contributed by atoms with E-state index in [0.717, 1.165) is 5.69 Å². The summed E-state index contributed by atoms with van der Waals surface area (Å²) in [6, 6.07) is 6.67. The van der Waals surface area contributed by atoms with Crippen molar-refractivity contribution >= 4 is 5.69 Å². The zero-order valence-electron chi connectivity index (χ0n) is 10.6. The van der Waals surface area contributed by atoms with E-state index in [0.29, 0.717) is 19.8 Å². The molecule has 0 aliphatic carbocycles. The summed E-state index contributed by atoms with van der Waals surface area (Å²) in [5.74, 6) is 0. The van der Waals surface area contributed by atoms with Crippen LogP contribution in [0, 0.1) is 37.5 Å². The maximum atomic E-state index is 9.11. The standard InChI is InChI=1S/C14H18N2O/c1-10-4-12(3)13(5-11(10)2)16-7-14(6-15)8-17-9-14/h4-5,16H,7-9H2,1-3H3. The van der Waals surface area contributed by atoms with Crippen LogP contribution < -0.4 is 5.32 Å². The van der Waals surface area contributed by atoms with Crippen LogP contribution in [0.25, 0.3) is 0 Å². The van der Waals surface area contributed by atoms with Gasteiger partial charge in [-0.25, -0.2) is 0 Å². The summed E-state index contributed by atoms with van der Waals surface area (Å²) in [7, 11) is 0. The van der Waals surface area contributed by atoms with E-state index in [-0.39, 0.29) is 5.41 Å². The van der Waals surface area contributed by atoms with Crippen LogP contribution in [-0.4, -0.2) is 19.8 Å². The fourth-order valence-corrected chi connectivity index (χ4v) is 1.97. The first-order valence-electron chi connectivity index (χ1n) is 5.87. The first kappa shape index (κ1) is 11.9. The van der Waals surface area contributed by atoms with Crippen molar-refractivity contribution in [3.63, 3.8) is 0 Å². The van der Waals surface area contributed by atoms with Crippen LogP contribution in [0.5, 0.6) is 0 Å². The van der Waals surface area contributed by atoms with Gasteiger partial charge in [0.15, 0.2) is 0 Å². The molecule has 0 aromatic heterocycles. The minimum atomic E-state index is -0.328. The molecule has 1 aliphatic heterocycles. The Labute approximate surface area is 102 Å². The summed E-state index contributed by atoms with van der Waals surface area (Å²) >= 11 is 0. The van der Waals surface area contributed by atoms with E-state index in [1.807, 2.05) is 0 Å². The Morgan fingerprint density at radius 2 is 1.88 bits per heavy atom. The van der Waals surface area contributed by atoms with Crippen LogP contribution in [0.3, 0.4) is 0 Å². The zero-order chi connectivity index (χ0) is 12.5. The van der Waals surface area contributed by atoms with Gasteiger partial charge in [-0.1, -0.05) is 6.07 Å². The van der Waals surface area contributed by atoms with E-state index >= 15 is 0 Å². The summed E-state index contributed by atoms with van der Waals surface area (Å²) in [6.45, 7) is 8.05. The monoisotopic (exact) mass is 230 g/mol. The second-order valence-electron chi connectivity index (χ2n) is 4.99. The predicted octanol–water partition coefficient (Wildman–Crippen LogP) is 2.56. The van der Waals surface area contributed by atoms with Gasteiger partial charge in [0.2, 0.25) is 0 Å². The minimum Gasteiger partial charge on any atom is -0.383 e. The second-order valence-corrected chi connectivity index (χ2v) is 4.99. The summed E-state index contributed by atoms with van der Waals surface area (Å²) in [5.41, 5.74) is 4.59. The van der Waals surface area contributed by atoms with Crippen LogP contribution in [0.2, 0.25) is 0 Å². The van der Waals surface area contributed by atoms with Crippen molar-refractivity contribution in [3.8, 4) is 6.07 Å². The number of benzene rings is 1. The van der Waals surface area contributed by atoms with Crippen molar-refractivity contribution in [2.45, 2.75) is 20.8 Å². The first-order valence-corrected chi connectivity index (χ1v) is 5.87. The predicted molar refractivity (Wildman–Crippen MR) is 68.0 cm³/mol. The number of ether oxygens (including phenoxy) is 1. The number of rotatable bonds is 3. The number of nitrogens with one attached hydrogen (secondary N) is 1. The van der Waals surface area contributed by atoms with Gasteiger partial charge in [-0.05, 0) is 43.5 Å². The zero-order valence-corrected chi connectivity index (χ0v) is 10.6. The smallest absolute Gasteiger partial charge is 0.121 e. The van der Waals surface area contributed by atoms with Crippen molar-refractivity contribution in [2.24, 2.45) is 5.41 Å². The highest BCUT2D eigenvalue weighted by molar-refractivity contribution is 5.55. The largest absolute Gasteiger partial charge is 0.383 e. The average Bonchev–Trinajstić information content (AvgIpc) is 2.24. The van der Waals surface area contributed by atoms with Crippen molar-refractivity contribution in [1.82, 2.24) is 0 Å². The molecule has 0 atom stereocenters. The molecule has 0 bridgehead atoms. The Morgan fingerprint density at radius 3 is 2.41 bits per heavy atom. The van der Waals surface area contributed by atoms with Crippen molar-refractivity contribution in [2.75, 3.05) is 25.1 Å². The molecule has 1 fully saturated rings. The molecule has 0 unspecified atom stereocenters. The number of hydrogen-bond acceptors (Lipinski definition) is 3. The summed E-state index contributed by atoms with van der Waals surface area (Å²) in [6.07, 6.45) is 0. The lowest BCUT2D eigenvalue weighted by Crippen LogP contribution is -2.46. The molecule has 1 aliphatic rings. The third kappa shape index (κ3) is 2.27. The number of nitrogens with zero attached hydrogens (tertiary/aromatic N) is 1. The minimum absolute atomic E-state index is 0.328.